The molecule has 1 aromatic carbocycles. The van der Waals surface area contributed by atoms with Gasteiger partial charge in [-0.1, -0.05) is 17.7 Å². The molecule has 20 heavy (non-hydrogen) atoms. The van der Waals surface area contributed by atoms with Gasteiger partial charge in [0.25, 0.3) is 0 Å². The van der Waals surface area contributed by atoms with Crippen molar-refractivity contribution in [3.05, 3.63) is 29.3 Å². The van der Waals surface area contributed by atoms with Crippen LogP contribution in [0.2, 0.25) is 0 Å². The summed E-state index contributed by atoms with van der Waals surface area (Å²) in [7, 11) is 0. The maximum Gasteiger partial charge on any atom is 0.327 e. The number of aliphatic carboxylic acids is 1. The Morgan fingerprint density at radius 2 is 2.15 bits per heavy atom. The van der Waals surface area contributed by atoms with Gasteiger partial charge in [0, 0.05) is 23.7 Å². The predicted octanol–water partition coefficient (Wildman–Crippen LogP) is 2.34. The third-order valence-electron chi connectivity index (χ3n) is 3.30. The third-order valence-corrected chi connectivity index (χ3v) is 4.32. The number of carboxylic acid groups (broad SMARTS) is 1. The lowest BCUT2D eigenvalue weighted by atomic mass is 10.1. The highest BCUT2D eigenvalue weighted by Gasteiger charge is 2.32. The minimum absolute atomic E-state index is 0.343. The van der Waals surface area contributed by atoms with Gasteiger partial charge in [0.05, 0.1) is 0 Å². The van der Waals surface area contributed by atoms with Gasteiger partial charge in [-0.05, 0) is 25.5 Å². The van der Waals surface area contributed by atoms with E-state index in [1.165, 1.54) is 4.90 Å². The lowest BCUT2D eigenvalue weighted by Gasteiger charge is -2.32. The van der Waals surface area contributed by atoms with Crippen molar-refractivity contribution < 1.29 is 14.7 Å². The number of benzene rings is 1. The van der Waals surface area contributed by atoms with Crippen LogP contribution in [0, 0.1) is 13.8 Å². The number of thioether (sulfide) groups is 1. The molecule has 0 bridgehead atoms. The predicted molar refractivity (Wildman–Crippen MR) is 80.4 cm³/mol. The molecule has 2 rings (SSSR count). The first-order chi connectivity index (χ1) is 9.49. The van der Waals surface area contributed by atoms with Gasteiger partial charge < -0.3 is 15.3 Å². The highest BCUT2D eigenvalue weighted by molar-refractivity contribution is 7.99. The van der Waals surface area contributed by atoms with Crippen molar-refractivity contribution in [1.82, 2.24) is 4.90 Å². The summed E-state index contributed by atoms with van der Waals surface area (Å²) in [6, 6.07) is 4.65. The summed E-state index contributed by atoms with van der Waals surface area (Å²) in [6.07, 6.45) is 0. The number of nitrogens with zero attached hydrogens (tertiary/aromatic N) is 1. The van der Waals surface area contributed by atoms with E-state index in [1.54, 1.807) is 11.8 Å². The number of carbonyl (C=O) groups is 2. The van der Waals surface area contributed by atoms with E-state index in [1.807, 2.05) is 32.0 Å². The summed E-state index contributed by atoms with van der Waals surface area (Å²) in [5, 5.41) is 12.0. The van der Waals surface area contributed by atoms with Crippen LogP contribution in [0.4, 0.5) is 10.5 Å². The van der Waals surface area contributed by atoms with Crippen LogP contribution in [0.5, 0.6) is 0 Å². The van der Waals surface area contributed by atoms with Gasteiger partial charge >= 0.3 is 12.0 Å². The number of aryl methyl sites for hydroxylation is 2. The molecule has 108 valence electrons. The van der Waals surface area contributed by atoms with Crippen LogP contribution in [0.1, 0.15) is 11.1 Å². The zero-order chi connectivity index (χ0) is 14.7. The maximum atomic E-state index is 12.3. The number of carbonyl (C=O) groups excluding carboxylic acids is 1. The number of anilines is 1. The molecule has 0 spiro atoms. The SMILES string of the molecule is Cc1ccc(NC(=O)N2CCSCC2C(=O)O)c(C)c1. The van der Waals surface area contributed by atoms with Gasteiger partial charge in [0.2, 0.25) is 0 Å². The number of hydrogen-bond acceptors (Lipinski definition) is 3. The van der Waals surface area contributed by atoms with E-state index in [9.17, 15) is 14.7 Å². The van der Waals surface area contributed by atoms with Crippen molar-refractivity contribution in [3.63, 3.8) is 0 Å². The highest BCUT2D eigenvalue weighted by Crippen LogP contribution is 2.20. The quantitative estimate of drug-likeness (QED) is 0.878. The zero-order valence-corrected chi connectivity index (χ0v) is 12.4. The third kappa shape index (κ3) is 3.25. The Hall–Kier alpha value is -1.69. The Balaban J connectivity index is 2.12. The monoisotopic (exact) mass is 294 g/mol. The molecule has 6 heteroatoms. The van der Waals surface area contributed by atoms with E-state index < -0.39 is 12.0 Å². The van der Waals surface area contributed by atoms with Crippen molar-refractivity contribution in [1.29, 1.82) is 0 Å². The Bertz CT molecular complexity index is 533. The fourth-order valence-corrected chi connectivity index (χ4v) is 3.23. The second-order valence-electron chi connectivity index (χ2n) is 4.87. The highest BCUT2D eigenvalue weighted by atomic mass is 32.2. The lowest BCUT2D eigenvalue weighted by Crippen LogP contribution is -2.51. The van der Waals surface area contributed by atoms with Crippen molar-refractivity contribution in [2.75, 3.05) is 23.4 Å². The summed E-state index contributed by atoms with van der Waals surface area (Å²) in [4.78, 5) is 24.9. The number of amides is 2. The fourth-order valence-electron chi connectivity index (χ4n) is 2.19. The minimum Gasteiger partial charge on any atom is -0.480 e. The summed E-state index contributed by atoms with van der Waals surface area (Å²) >= 11 is 1.56. The first-order valence-corrected chi connectivity index (χ1v) is 7.60. The van der Waals surface area contributed by atoms with E-state index in [0.29, 0.717) is 12.3 Å². The number of rotatable bonds is 2. The van der Waals surface area contributed by atoms with Gasteiger partial charge in [0.15, 0.2) is 0 Å². The second kappa shape index (κ2) is 6.17. The van der Waals surface area contributed by atoms with E-state index in [0.717, 1.165) is 22.6 Å². The maximum absolute atomic E-state index is 12.3. The van der Waals surface area contributed by atoms with Gasteiger partial charge in [-0.2, -0.15) is 11.8 Å². The van der Waals surface area contributed by atoms with Crippen LogP contribution < -0.4 is 5.32 Å². The Labute approximate surface area is 122 Å². The molecule has 2 amide bonds. The van der Waals surface area contributed by atoms with Crippen molar-refractivity contribution in [2.24, 2.45) is 0 Å². The van der Waals surface area contributed by atoms with Gasteiger partial charge in [0.1, 0.15) is 6.04 Å². The average molecular weight is 294 g/mol. The molecule has 1 unspecified atom stereocenters. The molecule has 1 aliphatic rings. The van der Waals surface area contributed by atoms with Crippen molar-refractivity contribution in [3.8, 4) is 0 Å². The van der Waals surface area contributed by atoms with Crippen molar-refractivity contribution >= 4 is 29.4 Å². The van der Waals surface area contributed by atoms with E-state index in [4.69, 9.17) is 0 Å². The molecule has 1 atom stereocenters. The van der Waals surface area contributed by atoms with Crippen LogP contribution in [0.3, 0.4) is 0 Å². The Morgan fingerprint density at radius 1 is 1.40 bits per heavy atom. The fraction of sp³-hybridized carbons (Fsp3) is 0.429. The molecule has 1 aliphatic heterocycles. The summed E-state index contributed by atoms with van der Waals surface area (Å²) in [5.74, 6) is 0.257. The molecule has 0 radical (unpaired) electrons. The van der Waals surface area contributed by atoms with Gasteiger partial charge in [-0.3, -0.25) is 0 Å². The van der Waals surface area contributed by atoms with E-state index in [2.05, 4.69) is 5.32 Å². The number of urea groups is 1. The molecular formula is C14H18N2O3S. The Morgan fingerprint density at radius 3 is 2.80 bits per heavy atom. The molecule has 2 N–H and O–H groups in total. The average Bonchev–Trinajstić information content (AvgIpc) is 2.41. The van der Waals surface area contributed by atoms with Gasteiger partial charge in [-0.15, -0.1) is 0 Å². The van der Waals surface area contributed by atoms with Gasteiger partial charge in [-0.25, -0.2) is 9.59 Å². The second-order valence-corrected chi connectivity index (χ2v) is 6.02. The first-order valence-electron chi connectivity index (χ1n) is 6.44. The van der Waals surface area contributed by atoms with Crippen LogP contribution in [0.25, 0.3) is 0 Å². The topological polar surface area (TPSA) is 69.6 Å². The standard InChI is InChI=1S/C14H18N2O3S/c1-9-3-4-11(10(2)7-9)15-14(19)16-5-6-20-8-12(16)13(17)18/h3-4,7,12H,5-6,8H2,1-2H3,(H,15,19)(H,17,18). The molecule has 1 saturated heterocycles. The number of nitrogens with one attached hydrogen (secondary N) is 1. The molecule has 5 nitrogen and oxygen atoms in total. The molecule has 0 aliphatic carbocycles. The number of hydrogen-bond donors (Lipinski definition) is 2. The zero-order valence-electron chi connectivity index (χ0n) is 11.5. The van der Waals surface area contributed by atoms with Crippen LogP contribution in [0.15, 0.2) is 18.2 Å². The van der Waals surface area contributed by atoms with Crippen molar-refractivity contribution in [2.45, 2.75) is 19.9 Å². The molecule has 0 saturated carbocycles. The van der Waals surface area contributed by atoms with Crippen LogP contribution >= 0.6 is 11.8 Å². The number of carboxylic acids is 1. The first kappa shape index (κ1) is 14.7. The smallest absolute Gasteiger partial charge is 0.327 e. The Kier molecular flexibility index (Phi) is 4.54. The molecule has 1 fully saturated rings. The van der Waals surface area contributed by atoms with Crippen LogP contribution in [-0.2, 0) is 4.79 Å². The normalized spacial score (nSPS) is 18.7. The van der Waals surface area contributed by atoms with Crippen LogP contribution in [-0.4, -0.2) is 46.1 Å². The molecule has 0 aromatic heterocycles. The van der Waals surface area contributed by atoms with E-state index in [-0.39, 0.29) is 6.03 Å². The summed E-state index contributed by atoms with van der Waals surface area (Å²) < 4.78 is 0. The summed E-state index contributed by atoms with van der Waals surface area (Å²) in [5.41, 5.74) is 2.82. The lowest BCUT2D eigenvalue weighted by molar-refractivity contribution is -0.141. The molecule has 1 heterocycles. The van der Waals surface area contributed by atoms with E-state index >= 15 is 0 Å². The largest absolute Gasteiger partial charge is 0.480 e. The molecule has 1 aromatic rings. The summed E-state index contributed by atoms with van der Waals surface area (Å²) in [6.45, 7) is 4.36. The molecular weight excluding hydrogens is 276 g/mol. The minimum atomic E-state index is -0.951.